The highest BCUT2D eigenvalue weighted by molar-refractivity contribution is 6.31. The van der Waals surface area contributed by atoms with Crippen molar-refractivity contribution >= 4 is 35.1 Å². The molecule has 7 nitrogen and oxygen atoms in total. The summed E-state index contributed by atoms with van der Waals surface area (Å²) in [6, 6.07) is 8.85. The van der Waals surface area contributed by atoms with Crippen molar-refractivity contribution < 1.29 is 32.3 Å². The summed E-state index contributed by atoms with van der Waals surface area (Å²) >= 11 is 5.73. The van der Waals surface area contributed by atoms with Gasteiger partial charge < -0.3 is 10.1 Å². The normalized spacial score (nSPS) is 19.1. The van der Waals surface area contributed by atoms with Gasteiger partial charge in [-0.15, -0.1) is 0 Å². The van der Waals surface area contributed by atoms with Crippen LogP contribution in [0, 0.1) is 0 Å². The molecule has 0 bridgehead atoms. The first-order chi connectivity index (χ1) is 13.6. The van der Waals surface area contributed by atoms with Crippen LogP contribution in [-0.2, 0) is 4.79 Å². The summed E-state index contributed by atoms with van der Waals surface area (Å²) in [6.07, 6.45) is -5.32. The Kier molecular flexibility index (Phi) is 5.14. The molecule has 0 saturated carbocycles. The molecule has 3 rings (SSSR count). The van der Waals surface area contributed by atoms with Gasteiger partial charge in [0.1, 0.15) is 5.75 Å². The Bertz CT molecular complexity index is 964. The van der Waals surface area contributed by atoms with Crippen LogP contribution < -0.4 is 20.3 Å². The maximum absolute atomic E-state index is 13.9. The molecule has 1 aliphatic heterocycles. The summed E-state index contributed by atoms with van der Waals surface area (Å²) in [5.74, 6) is -2.53. The average Bonchev–Trinajstić information content (AvgIpc) is 2.93. The molecule has 1 fully saturated rings. The van der Waals surface area contributed by atoms with Gasteiger partial charge in [0.05, 0.1) is 12.8 Å². The monoisotopic (exact) mass is 427 g/mol. The van der Waals surface area contributed by atoms with Crippen molar-refractivity contribution in [2.75, 3.05) is 12.0 Å². The smallest absolute Gasteiger partial charge is 0.440 e. The molecule has 1 atom stereocenters. The van der Waals surface area contributed by atoms with E-state index >= 15 is 0 Å². The molecule has 2 N–H and O–H groups in total. The van der Waals surface area contributed by atoms with E-state index in [1.54, 1.807) is 10.6 Å². The number of urea groups is 1. The number of hydrogen-bond donors (Lipinski definition) is 2. The summed E-state index contributed by atoms with van der Waals surface area (Å²) in [5, 5.41) is 3.45. The van der Waals surface area contributed by atoms with Crippen LogP contribution in [0.4, 0.5) is 23.7 Å². The Morgan fingerprint density at radius 1 is 1.10 bits per heavy atom. The van der Waals surface area contributed by atoms with E-state index in [1.807, 2.05) is 0 Å². The number of carbonyl (C=O) groups excluding carboxylic acids is 3. The van der Waals surface area contributed by atoms with Crippen LogP contribution in [0.2, 0.25) is 5.02 Å². The third kappa shape index (κ3) is 3.58. The fraction of sp³-hybridized carbons (Fsp3) is 0.167. The minimum Gasteiger partial charge on any atom is -0.497 e. The molecule has 0 radical (unpaired) electrons. The van der Waals surface area contributed by atoms with Gasteiger partial charge in [0, 0.05) is 10.6 Å². The van der Waals surface area contributed by atoms with Crippen molar-refractivity contribution in [3.05, 3.63) is 59.1 Å². The van der Waals surface area contributed by atoms with E-state index < -0.39 is 29.7 Å². The first kappa shape index (κ1) is 20.5. The lowest BCUT2D eigenvalue weighted by Crippen LogP contribution is -2.69. The van der Waals surface area contributed by atoms with Crippen LogP contribution in [0.25, 0.3) is 0 Å². The number of nitrogens with one attached hydrogen (secondary N) is 2. The highest BCUT2D eigenvalue weighted by atomic mass is 35.5. The minimum absolute atomic E-state index is 0.137. The van der Waals surface area contributed by atoms with Gasteiger partial charge in [0.25, 0.3) is 17.5 Å². The Hall–Kier alpha value is -3.27. The van der Waals surface area contributed by atoms with Crippen molar-refractivity contribution in [3.8, 4) is 5.75 Å². The lowest BCUT2D eigenvalue weighted by Gasteiger charge is -2.29. The van der Waals surface area contributed by atoms with Crippen LogP contribution in [0.1, 0.15) is 10.4 Å². The molecule has 11 heteroatoms. The number of anilines is 1. The van der Waals surface area contributed by atoms with Crippen molar-refractivity contribution in [1.29, 1.82) is 0 Å². The quantitative estimate of drug-likeness (QED) is 0.734. The van der Waals surface area contributed by atoms with Gasteiger partial charge in [-0.3, -0.25) is 14.9 Å². The van der Waals surface area contributed by atoms with E-state index in [4.69, 9.17) is 16.3 Å². The van der Waals surface area contributed by atoms with Gasteiger partial charge in [0.2, 0.25) is 0 Å². The second-order valence-corrected chi connectivity index (χ2v) is 6.41. The molecule has 2 aromatic rings. The molecular weight excluding hydrogens is 415 g/mol. The zero-order valence-electron chi connectivity index (χ0n) is 14.7. The molecule has 0 aliphatic carbocycles. The maximum Gasteiger partial charge on any atom is 0.440 e. The second-order valence-electron chi connectivity index (χ2n) is 5.98. The summed E-state index contributed by atoms with van der Waals surface area (Å²) in [5.41, 5.74) is -3.93. The number of nitrogens with zero attached hydrogens (tertiary/aromatic N) is 1. The molecule has 4 amide bonds. The molecule has 1 aliphatic rings. The molecule has 1 heterocycles. The molecule has 1 unspecified atom stereocenters. The number of methoxy groups -OCH3 is 1. The Morgan fingerprint density at radius 2 is 1.69 bits per heavy atom. The third-order valence-corrected chi connectivity index (χ3v) is 4.44. The lowest BCUT2D eigenvalue weighted by atomic mass is 10.1. The largest absolute Gasteiger partial charge is 0.497 e. The Balaban J connectivity index is 1.96. The lowest BCUT2D eigenvalue weighted by molar-refractivity contribution is -0.197. The predicted octanol–water partition coefficient (Wildman–Crippen LogP) is 3.09. The van der Waals surface area contributed by atoms with Gasteiger partial charge in [-0.05, 0) is 48.5 Å². The van der Waals surface area contributed by atoms with E-state index in [1.165, 1.54) is 55.6 Å². The zero-order chi connectivity index (χ0) is 21.4. The third-order valence-electron chi connectivity index (χ3n) is 4.18. The van der Waals surface area contributed by atoms with E-state index in [2.05, 4.69) is 0 Å². The molecule has 1 saturated heterocycles. The summed E-state index contributed by atoms with van der Waals surface area (Å²) in [6.45, 7) is 0. The minimum atomic E-state index is -5.32. The molecule has 2 aromatic carbocycles. The van der Waals surface area contributed by atoms with Gasteiger partial charge in [-0.1, -0.05) is 11.6 Å². The average molecular weight is 428 g/mol. The summed E-state index contributed by atoms with van der Waals surface area (Å²) in [7, 11) is 1.38. The number of hydrogen-bond acceptors (Lipinski definition) is 4. The van der Waals surface area contributed by atoms with E-state index in [9.17, 15) is 27.6 Å². The number of halogens is 4. The van der Waals surface area contributed by atoms with Crippen LogP contribution in [0.15, 0.2) is 48.5 Å². The van der Waals surface area contributed by atoms with Crippen LogP contribution >= 0.6 is 11.6 Å². The number of amides is 4. The number of carbonyl (C=O) groups is 3. The fourth-order valence-corrected chi connectivity index (χ4v) is 2.81. The van der Waals surface area contributed by atoms with E-state index in [-0.39, 0.29) is 21.2 Å². The Labute approximate surface area is 167 Å². The van der Waals surface area contributed by atoms with Crippen molar-refractivity contribution in [1.82, 2.24) is 10.6 Å². The first-order valence-electron chi connectivity index (χ1n) is 8.04. The number of benzene rings is 2. The molecular formula is C18H13ClF3N3O4. The highest BCUT2D eigenvalue weighted by Gasteiger charge is 2.69. The highest BCUT2D eigenvalue weighted by Crippen LogP contribution is 2.36. The Morgan fingerprint density at radius 3 is 2.21 bits per heavy atom. The number of ether oxygens (including phenoxy) is 1. The molecule has 0 spiro atoms. The van der Waals surface area contributed by atoms with Gasteiger partial charge in [-0.2, -0.15) is 13.2 Å². The number of rotatable bonds is 4. The standard InChI is InChI=1S/C18H13ClF3N3O4/c1-29-13-8-2-10(3-9-13)14(26)23-17(18(20,21)22)15(27)25(16(28)24-17)12-6-4-11(19)5-7-12/h2-9H,1H3,(H,23,26)(H,24,28). The number of imide groups is 1. The zero-order valence-corrected chi connectivity index (χ0v) is 15.5. The van der Waals surface area contributed by atoms with Crippen LogP contribution in [0.3, 0.4) is 0 Å². The van der Waals surface area contributed by atoms with Gasteiger partial charge in [-0.25, -0.2) is 9.69 Å². The topological polar surface area (TPSA) is 87.7 Å². The van der Waals surface area contributed by atoms with Crippen molar-refractivity contribution in [2.24, 2.45) is 0 Å². The fourth-order valence-electron chi connectivity index (χ4n) is 2.69. The summed E-state index contributed by atoms with van der Waals surface area (Å²) < 4.78 is 46.5. The van der Waals surface area contributed by atoms with E-state index in [0.29, 0.717) is 5.75 Å². The SMILES string of the molecule is COc1ccc(C(=O)NC2(C(F)(F)F)NC(=O)N(c3ccc(Cl)cc3)C2=O)cc1. The van der Waals surface area contributed by atoms with Crippen LogP contribution in [-0.4, -0.2) is 36.8 Å². The predicted molar refractivity (Wildman–Crippen MR) is 96.7 cm³/mol. The molecule has 0 aromatic heterocycles. The van der Waals surface area contributed by atoms with Crippen molar-refractivity contribution in [2.45, 2.75) is 11.8 Å². The van der Waals surface area contributed by atoms with Gasteiger partial charge >= 0.3 is 12.2 Å². The maximum atomic E-state index is 13.9. The molecule has 29 heavy (non-hydrogen) atoms. The number of alkyl halides is 3. The van der Waals surface area contributed by atoms with Crippen LogP contribution in [0.5, 0.6) is 5.75 Å². The summed E-state index contributed by atoms with van der Waals surface area (Å²) in [4.78, 5) is 37.6. The second kappa shape index (κ2) is 7.28. The first-order valence-corrected chi connectivity index (χ1v) is 8.42. The van der Waals surface area contributed by atoms with Crippen molar-refractivity contribution in [3.63, 3.8) is 0 Å². The van der Waals surface area contributed by atoms with E-state index in [0.717, 1.165) is 0 Å². The molecule has 152 valence electrons. The van der Waals surface area contributed by atoms with Gasteiger partial charge in [0.15, 0.2) is 0 Å².